The summed E-state index contributed by atoms with van der Waals surface area (Å²) >= 11 is 0. The van der Waals surface area contributed by atoms with E-state index in [0.717, 1.165) is 38.2 Å². The predicted molar refractivity (Wildman–Crippen MR) is 96.2 cm³/mol. The highest BCUT2D eigenvalue weighted by atomic mass is 16.2. The lowest BCUT2D eigenvalue weighted by atomic mass is 9.94. The molecule has 2 aliphatic rings. The SMILES string of the molecule is Cn1cc(N2CCC[C@H](N3CCN(C(=O)C(C)(C)C)CC3)C2=O)cn1. The van der Waals surface area contributed by atoms with E-state index in [9.17, 15) is 9.59 Å². The average Bonchev–Trinajstić information content (AvgIpc) is 3.00. The number of carbonyl (C=O) groups excluding carboxylic acids is 2. The highest BCUT2D eigenvalue weighted by Crippen LogP contribution is 2.25. The number of amides is 2. The zero-order valence-electron chi connectivity index (χ0n) is 15.7. The Morgan fingerprint density at radius 1 is 1.16 bits per heavy atom. The lowest BCUT2D eigenvalue weighted by molar-refractivity contribution is -0.142. The Labute approximate surface area is 149 Å². The van der Waals surface area contributed by atoms with Crippen molar-refractivity contribution in [3.63, 3.8) is 0 Å². The normalized spacial score (nSPS) is 23.2. The maximum atomic E-state index is 13.0. The molecule has 1 aromatic heterocycles. The molecule has 138 valence electrons. The minimum Gasteiger partial charge on any atom is -0.340 e. The molecule has 0 aromatic carbocycles. The van der Waals surface area contributed by atoms with Crippen LogP contribution >= 0.6 is 0 Å². The Kier molecular flexibility index (Phi) is 4.86. The third-order valence-electron chi connectivity index (χ3n) is 5.10. The summed E-state index contributed by atoms with van der Waals surface area (Å²) < 4.78 is 1.73. The topological polar surface area (TPSA) is 61.7 Å². The molecule has 1 aromatic rings. The number of hydrogen-bond acceptors (Lipinski definition) is 4. The van der Waals surface area contributed by atoms with Crippen LogP contribution in [0.3, 0.4) is 0 Å². The molecule has 3 rings (SSSR count). The molecule has 0 radical (unpaired) electrons. The number of rotatable bonds is 2. The largest absolute Gasteiger partial charge is 0.340 e. The molecule has 2 aliphatic heterocycles. The molecule has 0 bridgehead atoms. The first kappa shape index (κ1) is 17.9. The zero-order valence-corrected chi connectivity index (χ0v) is 15.7. The van der Waals surface area contributed by atoms with Crippen LogP contribution in [0.25, 0.3) is 0 Å². The van der Waals surface area contributed by atoms with Gasteiger partial charge in [-0.2, -0.15) is 5.10 Å². The number of aryl methyl sites for hydroxylation is 1. The van der Waals surface area contributed by atoms with Crippen LogP contribution in [-0.4, -0.2) is 70.2 Å². The van der Waals surface area contributed by atoms with Gasteiger partial charge >= 0.3 is 0 Å². The smallest absolute Gasteiger partial charge is 0.244 e. The molecular formula is C18H29N5O2. The quantitative estimate of drug-likeness (QED) is 0.804. The molecule has 7 nitrogen and oxygen atoms in total. The van der Waals surface area contributed by atoms with Gasteiger partial charge in [-0.3, -0.25) is 19.2 Å². The van der Waals surface area contributed by atoms with E-state index < -0.39 is 0 Å². The first-order valence-electron chi connectivity index (χ1n) is 9.11. The monoisotopic (exact) mass is 347 g/mol. The van der Waals surface area contributed by atoms with E-state index in [0.29, 0.717) is 13.1 Å². The van der Waals surface area contributed by atoms with Gasteiger partial charge in [0.2, 0.25) is 11.8 Å². The maximum Gasteiger partial charge on any atom is 0.244 e. The van der Waals surface area contributed by atoms with Crippen molar-refractivity contribution in [2.24, 2.45) is 12.5 Å². The number of nitrogens with zero attached hydrogens (tertiary/aromatic N) is 5. The summed E-state index contributed by atoms with van der Waals surface area (Å²) in [6, 6.07) is -0.0826. The van der Waals surface area contributed by atoms with Gasteiger partial charge in [-0.1, -0.05) is 20.8 Å². The van der Waals surface area contributed by atoms with Gasteiger partial charge in [-0.15, -0.1) is 0 Å². The van der Waals surface area contributed by atoms with Crippen molar-refractivity contribution in [2.75, 3.05) is 37.6 Å². The highest BCUT2D eigenvalue weighted by Gasteiger charge is 2.37. The number of piperazine rings is 1. The van der Waals surface area contributed by atoms with Crippen LogP contribution in [0.15, 0.2) is 12.4 Å². The number of piperidine rings is 1. The third kappa shape index (κ3) is 3.71. The highest BCUT2D eigenvalue weighted by molar-refractivity contribution is 5.97. The zero-order chi connectivity index (χ0) is 18.2. The van der Waals surface area contributed by atoms with Gasteiger partial charge < -0.3 is 9.80 Å². The van der Waals surface area contributed by atoms with Gasteiger partial charge in [0.25, 0.3) is 0 Å². The van der Waals surface area contributed by atoms with Crippen LogP contribution in [0, 0.1) is 5.41 Å². The molecule has 0 N–H and O–H groups in total. The van der Waals surface area contributed by atoms with E-state index in [2.05, 4.69) is 10.00 Å². The Balaban J connectivity index is 1.63. The molecule has 7 heteroatoms. The van der Waals surface area contributed by atoms with Gasteiger partial charge in [0.15, 0.2) is 0 Å². The van der Waals surface area contributed by atoms with Gasteiger partial charge in [0, 0.05) is 51.4 Å². The molecule has 0 unspecified atom stereocenters. The molecule has 2 saturated heterocycles. The van der Waals surface area contributed by atoms with E-state index in [1.54, 1.807) is 10.9 Å². The summed E-state index contributed by atoms with van der Waals surface area (Å²) in [5.41, 5.74) is 0.527. The van der Waals surface area contributed by atoms with Gasteiger partial charge in [-0.25, -0.2) is 0 Å². The second-order valence-corrected chi connectivity index (χ2v) is 8.10. The summed E-state index contributed by atoms with van der Waals surface area (Å²) in [4.78, 5) is 31.4. The van der Waals surface area contributed by atoms with Crippen molar-refractivity contribution in [3.05, 3.63) is 12.4 Å². The van der Waals surface area contributed by atoms with E-state index in [-0.39, 0.29) is 23.3 Å². The second-order valence-electron chi connectivity index (χ2n) is 8.10. The Hall–Kier alpha value is -1.89. The fourth-order valence-electron chi connectivity index (χ4n) is 3.71. The number of carbonyl (C=O) groups is 2. The summed E-state index contributed by atoms with van der Waals surface area (Å²) in [6.45, 7) is 9.55. The molecule has 2 fully saturated rings. The molecule has 0 spiro atoms. The van der Waals surface area contributed by atoms with E-state index in [1.165, 1.54) is 0 Å². The minimum absolute atomic E-state index is 0.0826. The third-order valence-corrected chi connectivity index (χ3v) is 5.10. The van der Waals surface area contributed by atoms with Crippen LogP contribution in [0.5, 0.6) is 0 Å². The first-order chi connectivity index (χ1) is 11.8. The molecule has 0 saturated carbocycles. The molecule has 3 heterocycles. The maximum absolute atomic E-state index is 13.0. The van der Waals surface area contributed by atoms with Crippen molar-refractivity contribution in [1.82, 2.24) is 19.6 Å². The standard InChI is InChI=1S/C18H29N5O2/c1-18(2,3)17(25)22-10-8-21(9-11-22)15-6-5-7-23(16(15)24)14-12-19-20(4)13-14/h12-13,15H,5-11H2,1-4H3/t15-/m0/s1. The number of aromatic nitrogens is 2. The Bertz CT molecular complexity index is 640. The number of hydrogen-bond donors (Lipinski definition) is 0. The number of anilines is 1. The fraction of sp³-hybridized carbons (Fsp3) is 0.722. The van der Waals surface area contributed by atoms with Gasteiger partial charge in [0.05, 0.1) is 17.9 Å². The van der Waals surface area contributed by atoms with Gasteiger partial charge in [-0.05, 0) is 12.8 Å². The first-order valence-corrected chi connectivity index (χ1v) is 9.11. The summed E-state index contributed by atoms with van der Waals surface area (Å²) in [6.07, 6.45) is 5.52. The van der Waals surface area contributed by atoms with Crippen molar-refractivity contribution < 1.29 is 9.59 Å². The van der Waals surface area contributed by atoms with E-state index in [4.69, 9.17) is 0 Å². The summed E-state index contributed by atoms with van der Waals surface area (Å²) in [5.74, 6) is 0.356. The van der Waals surface area contributed by atoms with Crippen LogP contribution < -0.4 is 4.90 Å². The minimum atomic E-state index is -0.347. The summed E-state index contributed by atoms with van der Waals surface area (Å²) in [7, 11) is 1.86. The lowest BCUT2D eigenvalue weighted by Crippen LogP contribution is -2.59. The van der Waals surface area contributed by atoms with E-state index in [1.807, 2.05) is 43.8 Å². The van der Waals surface area contributed by atoms with E-state index >= 15 is 0 Å². The Morgan fingerprint density at radius 3 is 2.40 bits per heavy atom. The molecule has 0 aliphatic carbocycles. The van der Waals surface area contributed by atoms with Crippen LogP contribution in [0.2, 0.25) is 0 Å². The molecular weight excluding hydrogens is 318 g/mol. The summed E-state index contributed by atoms with van der Waals surface area (Å²) in [5, 5.41) is 4.18. The molecule has 1 atom stereocenters. The van der Waals surface area contributed by atoms with Crippen molar-refractivity contribution in [2.45, 2.75) is 39.7 Å². The van der Waals surface area contributed by atoms with Crippen molar-refractivity contribution in [3.8, 4) is 0 Å². The van der Waals surface area contributed by atoms with Crippen LogP contribution in [-0.2, 0) is 16.6 Å². The lowest BCUT2D eigenvalue weighted by Gasteiger charge is -2.43. The predicted octanol–water partition coefficient (Wildman–Crippen LogP) is 1.11. The Morgan fingerprint density at radius 2 is 1.84 bits per heavy atom. The van der Waals surface area contributed by atoms with Crippen molar-refractivity contribution >= 4 is 17.5 Å². The molecule has 25 heavy (non-hydrogen) atoms. The molecule has 2 amide bonds. The van der Waals surface area contributed by atoms with Crippen LogP contribution in [0.4, 0.5) is 5.69 Å². The van der Waals surface area contributed by atoms with Crippen LogP contribution in [0.1, 0.15) is 33.6 Å². The van der Waals surface area contributed by atoms with Gasteiger partial charge in [0.1, 0.15) is 0 Å². The fourth-order valence-corrected chi connectivity index (χ4v) is 3.71. The average molecular weight is 347 g/mol. The van der Waals surface area contributed by atoms with Crippen molar-refractivity contribution in [1.29, 1.82) is 0 Å². The second kappa shape index (κ2) is 6.78.